The largest absolute Gasteiger partial charge is 0.459 e. The predicted molar refractivity (Wildman–Crippen MR) is 94.7 cm³/mol. The van der Waals surface area contributed by atoms with Gasteiger partial charge in [-0.2, -0.15) is 0 Å². The van der Waals surface area contributed by atoms with Crippen LogP contribution in [-0.2, 0) is 0 Å². The summed E-state index contributed by atoms with van der Waals surface area (Å²) in [6.07, 6.45) is 2.65. The van der Waals surface area contributed by atoms with E-state index in [0.29, 0.717) is 6.04 Å². The molecule has 1 aliphatic rings. The molecule has 3 rings (SSSR count). The van der Waals surface area contributed by atoms with Gasteiger partial charge < -0.3 is 9.73 Å². The smallest absolute Gasteiger partial charge is 0.134 e. The Hall–Kier alpha value is -1.03. The number of hydrogen-bond acceptors (Lipinski definition) is 3. The molecule has 2 atom stereocenters. The summed E-state index contributed by atoms with van der Waals surface area (Å²) in [6, 6.07) is 10.8. The fourth-order valence-corrected chi connectivity index (χ4v) is 3.36. The Morgan fingerprint density at radius 3 is 2.86 bits per heavy atom. The zero-order chi connectivity index (χ0) is 14.7. The summed E-state index contributed by atoms with van der Waals surface area (Å²) in [5.41, 5.74) is 0.995. The van der Waals surface area contributed by atoms with Crippen LogP contribution in [0.2, 0.25) is 0 Å². The number of piperidine rings is 1. The average molecular weight is 323 g/mol. The molecule has 1 saturated heterocycles. The van der Waals surface area contributed by atoms with E-state index in [4.69, 9.17) is 4.42 Å². The molecule has 1 fully saturated rings. The first-order valence-corrected chi connectivity index (χ1v) is 8.21. The first-order chi connectivity index (χ1) is 10.3. The zero-order valence-corrected chi connectivity index (χ0v) is 14.4. The molecule has 2 unspecified atom stereocenters. The summed E-state index contributed by atoms with van der Waals surface area (Å²) in [4.78, 5) is 2.54. The van der Waals surface area contributed by atoms with Gasteiger partial charge in [0.25, 0.3) is 0 Å². The van der Waals surface area contributed by atoms with Crippen molar-refractivity contribution >= 4 is 23.4 Å². The fraction of sp³-hybridized carbons (Fsp3) is 0.556. The number of nitrogens with zero attached hydrogens (tertiary/aromatic N) is 1. The maximum atomic E-state index is 6.04. The van der Waals surface area contributed by atoms with Crippen LogP contribution in [0, 0.1) is 5.92 Å². The molecule has 0 saturated carbocycles. The molecule has 1 aromatic heterocycles. The quantitative estimate of drug-likeness (QED) is 0.892. The fourth-order valence-electron chi connectivity index (χ4n) is 3.36. The molecule has 0 bridgehead atoms. The molecular weight excluding hydrogens is 296 g/mol. The number of benzene rings is 1. The van der Waals surface area contributed by atoms with Gasteiger partial charge in [0.1, 0.15) is 11.3 Å². The second-order valence-corrected chi connectivity index (χ2v) is 6.16. The minimum absolute atomic E-state index is 0. The van der Waals surface area contributed by atoms with Crippen LogP contribution in [-0.4, -0.2) is 31.1 Å². The number of hydrogen-bond donors (Lipinski definition) is 1. The summed E-state index contributed by atoms with van der Waals surface area (Å²) in [7, 11) is 0. The van der Waals surface area contributed by atoms with E-state index in [-0.39, 0.29) is 12.4 Å². The van der Waals surface area contributed by atoms with Crippen molar-refractivity contribution < 1.29 is 4.42 Å². The van der Waals surface area contributed by atoms with Gasteiger partial charge in [-0.25, -0.2) is 0 Å². The summed E-state index contributed by atoms with van der Waals surface area (Å²) < 4.78 is 6.04. The summed E-state index contributed by atoms with van der Waals surface area (Å²) in [6.45, 7) is 9.06. The second-order valence-electron chi connectivity index (χ2n) is 6.16. The molecule has 1 N–H and O–H groups in total. The first kappa shape index (κ1) is 17.3. The number of halogens is 1. The Labute approximate surface area is 139 Å². The van der Waals surface area contributed by atoms with E-state index in [1.807, 2.05) is 12.1 Å². The minimum atomic E-state index is 0. The van der Waals surface area contributed by atoms with E-state index in [1.54, 1.807) is 0 Å². The first-order valence-electron chi connectivity index (χ1n) is 8.21. The standard InChI is InChI=1S/C18H26N2O.ClH/c1-3-20(13-15-7-6-10-19-12-15)14(2)18-11-16-8-4-5-9-17(16)21-18;/h4-5,8-9,11,14-15,19H,3,6-7,10,12-13H2,1-2H3;1H. The number of fused-ring (bicyclic) bond motifs is 1. The van der Waals surface area contributed by atoms with E-state index >= 15 is 0 Å². The van der Waals surface area contributed by atoms with Gasteiger partial charge in [0.2, 0.25) is 0 Å². The van der Waals surface area contributed by atoms with E-state index in [1.165, 1.54) is 24.8 Å². The third-order valence-electron chi connectivity index (χ3n) is 4.70. The van der Waals surface area contributed by atoms with Crippen molar-refractivity contribution in [3.63, 3.8) is 0 Å². The zero-order valence-electron chi connectivity index (χ0n) is 13.5. The molecule has 1 aliphatic heterocycles. The third-order valence-corrected chi connectivity index (χ3v) is 4.70. The van der Waals surface area contributed by atoms with Crippen LogP contribution < -0.4 is 5.32 Å². The molecule has 1 aromatic carbocycles. The maximum absolute atomic E-state index is 6.04. The molecular formula is C18H27ClN2O. The molecule has 22 heavy (non-hydrogen) atoms. The SMILES string of the molecule is CCN(CC1CCCNC1)C(C)c1cc2ccccc2o1.Cl. The van der Waals surface area contributed by atoms with E-state index in [0.717, 1.165) is 36.9 Å². The Kier molecular flexibility index (Phi) is 6.30. The van der Waals surface area contributed by atoms with Crippen LogP contribution in [0.3, 0.4) is 0 Å². The van der Waals surface area contributed by atoms with Crippen LogP contribution in [0.1, 0.15) is 38.5 Å². The number of nitrogens with one attached hydrogen (secondary N) is 1. The van der Waals surface area contributed by atoms with Crippen molar-refractivity contribution in [3.05, 3.63) is 36.1 Å². The van der Waals surface area contributed by atoms with Crippen molar-refractivity contribution in [1.29, 1.82) is 0 Å². The van der Waals surface area contributed by atoms with E-state index < -0.39 is 0 Å². The average Bonchev–Trinajstić information content (AvgIpc) is 2.97. The highest BCUT2D eigenvalue weighted by atomic mass is 35.5. The lowest BCUT2D eigenvalue weighted by molar-refractivity contribution is 0.157. The lowest BCUT2D eigenvalue weighted by Gasteiger charge is -2.32. The number of rotatable bonds is 5. The number of para-hydroxylation sites is 1. The van der Waals surface area contributed by atoms with Crippen LogP contribution >= 0.6 is 12.4 Å². The molecule has 2 heterocycles. The van der Waals surface area contributed by atoms with E-state index in [9.17, 15) is 0 Å². The predicted octanol–water partition coefficient (Wildman–Crippen LogP) is 4.24. The van der Waals surface area contributed by atoms with Crippen molar-refractivity contribution in [2.45, 2.75) is 32.7 Å². The van der Waals surface area contributed by atoms with E-state index in [2.05, 4.69) is 42.3 Å². The highest BCUT2D eigenvalue weighted by Crippen LogP contribution is 2.28. The van der Waals surface area contributed by atoms with Gasteiger partial charge in [0, 0.05) is 11.9 Å². The Morgan fingerprint density at radius 2 is 2.18 bits per heavy atom. The van der Waals surface area contributed by atoms with Crippen LogP contribution in [0.15, 0.2) is 34.7 Å². The molecule has 3 nitrogen and oxygen atoms in total. The van der Waals surface area contributed by atoms with Gasteiger partial charge in [-0.3, -0.25) is 4.90 Å². The molecule has 0 radical (unpaired) electrons. The normalized spacial score (nSPS) is 20.0. The highest BCUT2D eigenvalue weighted by Gasteiger charge is 2.22. The van der Waals surface area contributed by atoms with Gasteiger partial charge in [-0.05, 0) is 57.5 Å². The van der Waals surface area contributed by atoms with Crippen molar-refractivity contribution in [2.24, 2.45) is 5.92 Å². The Balaban J connectivity index is 0.00000176. The minimum Gasteiger partial charge on any atom is -0.459 e. The Morgan fingerprint density at radius 1 is 1.36 bits per heavy atom. The van der Waals surface area contributed by atoms with Crippen LogP contribution in [0.4, 0.5) is 0 Å². The van der Waals surface area contributed by atoms with Crippen molar-refractivity contribution in [1.82, 2.24) is 10.2 Å². The summed E-state index contributed by atoms with van der Waals surface area (Å²) in [5, 5.41) is 4.72. The lowest BCUT2D eigenvalue weighted by Crippen LogP contribution is -2.39. The molecule has 0 spiro atoms. The van der Waals surface area contributed by atoms with Gasteiger partial charge in [-0.1, -0.05) is 25.1 Å². The maximum Gasteiger partial charge on any atom is 0.134 e. The molecule has 0 amide bonds. The molecule has 2 aromatic rings. The molecule has 0 aliphatic carbocycles. The number of furan rings is 1. The third kappa shape index (κ3) is 3.83. The molecule has 4 heteroatoms. The second kappa shape index (κ2) is 8.00. The Bertz CT molecular complexity index is 544. The topological polar surface area (TPSA) is 28.4 Å². The van der Waals surface area contributed by atoms with Crippen LogP contribution in [0.25, 0.3) is 11.0 Å². The van der Waals surface area contributed by atoms with Crippen molar-refractivity contribution in [3.8, 4) is 0 Å². The van der Waals surface area contributed by atoms with Crippen molar-refractivity contribution in [2.75, 3.05) is 26.2 Å². The van der Waals surface area contributed by atoms with Gasteiger partial charge in [0.05, 0.1) is 6.04 Å². The highest BCUT2D eigenvalue weighted by molar-refractivity contribution is 5.85. The van der Waals surface area contributed by atoms with Gasteiger partial charge in [-0.15, -0.1) is 12.4 Å². The lowest BCUT2D eigenvalue weighted by atomic mass is 9.98. The van der Waals surface area contributed by atoms with Gasteiger partial charge >= 0.3 is 0 Å². The van der Waals surface area contributed by atoms with Gasteiger partial charge in [0.15, 0.2) is 0 Å². The molecule has 122 valence electrons. The van der Waals surface area contributed by atoms with Crippen LogP contribution in [0.5, 0.6) is 0 Å². The summed E-state index contributed by atoms with van der Waals surface area (Å²) >= 11 is 0. The monoisotopic (exact) mass is 322 g/mol. The summed E-state index contributed by atoms with van der Waals surface area (Å²) in [5.74, 6) is 1.85.